The van der Waals surface area contributed by atoms with Gasteiger partial charge in [-0.05, 0) is 122 Å². The predicted molar refractivity (Wildman–Crippen MR) is 245 cm³/mol. The molecule has 0 bridgehead atoms. The maximum Gasteiger partial charge on any atom is 0.0962 e. The standard InChI is InChI=1S/C53H80N2O2/c1-9-39(3)17-15-31-53(32-16-18-40(4)10-2)49-37-43(51(5,6)41-19-25-45(26-20-41)56-35-13-11-33-54)23-29-47(49)48-30-24-44(38-50(48)53)52(7,8)42-21-27-46(28-22-42)57-36-14-12-34-55/h19,21,23-25,27,29-30,37-40H,9-18,20,22,26,28,31-36,54-55H2,1-8H3. The molecule has 3 aliphatic rings. The highest BCUT2D eigenvalue weighted by Gasteiger charge is 2.44. The van der Waals surface area contributed by atoms with Gasteiger partial charge in [0.1, 0.15) is 0 Å². The van der Waals surface area contributed by atoms with E-state index in [1.807, 2.05) is 0 Å². The highest BCUT2D eigenvalue weighted by Crippen LogP contribution is 2.56. The van der Waals surface area contributed by atoms with Crippen LogP contribution in [0.1, 0.15) is 180 Å². The Morgan fingerprint density at radius 1 is 0.579 bits per heavy atom. The third kappa shape index (κ3) is 10.8. The minimum Gasteiger partial charge on any atom is -0.498 e. The molecule has 5 rings (SSSR count). The minimum absolute atomic E-state index is 0.000540. The summed E-state index contributed by atoms with van der Waals surface area (Å²) in [5.41, 5.74) is 23.2. The number of fused-ring (bicyclic) bond motifs is 3. The zero-order chi connectivity index (χ0) is 41.1. The monoisotopic (exact) mass is 777 g/mol. The van der Waals surface area contributed by atoms with Crippen LogP contribution in [0.15, 0.2) is 83.4 Å². The Morgan fingerprint density at radius 3 is 1.35 bits per heavy atom. The lowest BCUT2D eigenvalue weighted by atomic mass is 9.67. The van der Waals surface area contributed by atoms with Crippen molar-refractivity contribution in [1.82, 2.24) is 0 Å². The first-order chi connectivity index (χ1) is 27.4. The van der Waals surface area contributed by atoms with Crippen LogP contribution >= 0.6 is 0 Å². The molecule has 57 heavy (non-hydrogen) atoms. The molecule has 4 heteroatoms. The van der Waals surface area contributed by atoms with Crippen molar-refractivity contribution in [3.63, 3.8) is 0 Å². The highest BCUT2D eigenvalue weighted by molar-refractivity contribution is 5.82. The first-order valence-electron chi connectivity index (χ1n) is 23.2. The van der Waals surface area contributed by atoms with Gasteiger partial charge in [-0.1, -0.05) is 154 Å². The molecule has 0 amide bonds. The molecule has 3 aliphatic carbocycles. The van der Waals surface area contributed by atoms with Crippen LogP contribution in [0, 0.1) is 11.8 Å². The molecule has 0 heterocycles. The fourth-order valence-corrected chi connectivity index (χ4v) is 9.64. The second-order valence-electron chi connectivity index (χ2n) is 19.0. The lowest BCUT2D eigenvalue weighted by Crippen LogP contribution is -2.29. The molecule has 0 saturated carbocycles. The first-order valence-corrected chi connectivity index (χ1v) is 23.2. The van der Waals surface area contributed by atoms with Crippen LogP contribution in [0.2, 0.25) is 0 Å². The summed E-state index contributed by atoms with van der Waals surface area (Å²) in [4.78, 5) is 0. The Hall–Kier alpha value is -3.08. The number of rotatable bonds is 24. The molecule has 0 aliphatic heterocycles. The smallest absolute Gasteiger partial charge is 0.0962 e. The highest BCUT2D eigenvalue weighted by atomic mass is 16.5. The summed E-state index contributed by atoms with van der Waals surface area (Å²) in [6, 6.07) is 15.2. The van der Waals surface area contributed by atoms with Gasteiger partial charge < -0.3 is 20.9 Å². The second kappa shape index (κ2) is 20.7. The number of benzene rings is 2. The lowest BCUT2D eigenvalue weighted by Gasteiger charge is -2.37. The minimum atomic E-state index is -0.0777. The molecular weight excluding hydrogens is 697 g/mol. The van der Waals surface area contributed by atoms with E-state index in [1.165, 1.54) is 84.8 Å². The van der Waals surface area contributed by atoms with Crippen LogP contribution in [0.25, 0.3) is 11.1 Å². The number of allylic oxidation sites excluding steroid dienone is 8. The van der Waals surface area contributed by atoms with E-state index in [-0.39, 0.29) is 16.2 Å². The molecule has 4 N–H and O–H groups in total. The van der Waals surface area contributed by atoms with Gasteiger partial charge in [0.15, 0.2) is 0 Å². The fraction of sp³-hybridized carbons (Fsp3) is 0.623. The van der Waals surface area contributed by atoms with Gasteiger partial charge in [-0.2, -0.15) is 0 Å². The van der Waals surface area contributed by atoms with Crippen LogP contribution in [0.3, 0.4) is 0 Å². The summed E-state index contributed by atoms with van der Waals surface area (Å²) in [6.07, 6.45) is 27.3. The molecule has 2 unspecified atom stereocenters. The molecule has 0 saturated heterocycles. The SMILES string of the molecule is CCC(C)CCCC1(CCCC(C)CC)c2cc(C(C)(C)C3=CC=C(OCCCCN)CC3)ccc2-c2ccc(C(C)(C)C3=CC=C(OCCCCN)CC3)cc21. The van der Waals surface area contributed by atoms with Crippen molar-refractivity contribution in [2.75, 3.05) is 26.3 Å². The molecule has 2 aromatic carbocycles. The van der Waals surface area contributed by atoms with Gasteiger partial charge in [0.2, 0.25) is 0 Å². The Kier molecular flexibility index (Phi) is 16.4. The van der Waals surface area contributed by atoms with E-state index in [9.17, 15) is 0 Å². The largest absolute Gasteiger partial charge is 0.498 e. The van der Waals surface area contributed by atoms with Crippen LogP contribution < -0.4 is 11.5 Å². The molecule has 4 nitrogen and oxygen atoms in total. The third-order valence-corrected chi connectivity index (χ3v) is 14.4. The quantitative estimate of drug-likeness (QED) is 0.104. The van der Waals surface area contributed by atoms with E-state index >= 15 is 0 Å². The van der Waals surface area contributed by atoms with Crippen LogP contribution in [-0.2, 0) is 25.7 Å². The zero-order valence-electron chi connectivity index (χ0n) is 37.5. The molecule has 2 atom stereocenters. The Balaban J connectivity index is 1.54. The molecule has 2 aromatic rings. The topological polar surface area (TPSA) is 70.5 Å². The van der Waals surface area contributed by atoms with Crippen LogP contribution in [0.5, 0.6) is 0 Å². The number of hydrogen-bond donors (Lipinski definition) is 2. The summed E-state index contributed by atoms with van der Waals surface area (Å²) in [5, 5.41) is 0. The molecule has 0 radical (unpaired) electrons. The van der Waals surface area contributed by atoms with E-state index in [0.717, 1.165) is 101 Å². The molecule has 0 aromatic heterocycles. The maximum absolute atomic E-state index is 6.14. The summed E-state index contributed by atoms with van der Waals surface area (Å²) < 4.78 is 12.3. The van der Waals surface area contributed by atoms with Crippen molar-refractivity contribution in [2.24, 2.45) is 23.3 Å². The zero-order valence-corrected chi connectivity index (χ0v) is 37.5. The van der Waals surface area contributed by atoms with Gasteiger partial charge >= 0.3 is 0 Å². The van der Waals surface area contributed by atoms with E-state index in [2.05, 4.69) is 116 Å². The van der Waals surface area contributed by atoms with Crippen LogP contribution in [-0.4, -0.2) is 26.3 Å². The first kappa shape index (κ1) is 45.0. The number of hydrogen-bond acceptors (Lipinski definition) is 4. The van der Waals surface area contributed by atoms with E-state index < -0.39 is 0 Å². The maximum atomic E-state index is 6.14. The summed E-state index contributed by atoms with van der Waals surface area (Å²) in [7, 11) is 0. The average molecular weight is 777 g/mol. The lowest BCUT2D eigenvalue weighted by molar-refractivity contribution is 0.195. The molecular formula is C53H80N2O2. The summed E-state index contributed by atoms with van der Waals surface area (Å²) in [5.74, 6) is 3.73. The van der Waals surface area contributed by atoms with Crippen molar-refractivity contribution in [3.05, 3.63) is 106 Å². The number of ether oxygens (including phenoxy) is 2. The molecule has 0 spiro atoms. The Morgan fingerprint density at radius 2 is 1.00 bits per heavy atom. The van der Waals surface area contributed by atoms with Gasteiger partial charge in [-0.15, -0.1) is 0 Å². The van der Waals surface area contributed by atoms with Crippen molar-refractivity contribution in [1.29, 1.82) is 0 Å². The fourth-order valence-electron chi connectivity index (χ4n) is 9.64. The average Bonchev–Trinajstić information content (AvgIpc) is 3.49. The van der Waals surface area contributed by atoms with Gasteiger partial charge in [-0.25, -0.2) is 0 Å². The number of unbranched alkanes of at least 4 members (excludes halogenated alkanes) is 2. The Bertz CT molecular complexity index is 1610. The summed E-state index contributed by atoms with van der Waals surface area (Å²) >= 11 is 0. The predicted octanol–water partition coefficient (Wildman–Crippen LogP) is 13.7. The van der Waals surface area contributed by atoms with E-state index in [4.69, 9.17) is 20.9 Å². The number of nitrogens with two attached hydrogens (primary N) is 2. The normalized spacial score (nSPS) is 17.5. The molecule has 314 valence electrons. The Labute approximate surface area is 349 Å². The van der Waals surface area contributed by atoms with Gasteiger partial charge in [0.05, 0.1) is 24.7 Å². The van der Waals surface area contributed by atoms with Gasteiger partial charge in [0.25, 0.3) is 0 Å². The van der Waals surface area contributed by atoms with Crippen LogP contribution in [0.4, 0.5) is 0 Å². The van der Waals surface area contributed by atoms with Crippen molar-refractivity contribution in [2.45, 2.75) is 174 Å². The second-order valence-corrected chi connectivity index (χ2v) is 19.0. The van der Waals surface area contributed by atoms with Crippen molar-refractivity contribution in [3.8, 4) is 11.1 Å². The van der Waals surface area contributed by atoms with E-state index in [0.29, 0.717) is 0 Å². The van der Waals surface area contributed by atoms with E-state index in [1.54, 1.807) is 11.1 Å². The van der Waals surface area contributed by atoms with Crippen molar-refractivity contribution >= 4 is 0 Å². The molecule has 0 fully saturated rings. The summed E-state index contributed by atoms with van der Waals surface area (Å²) in [6.45, 7) is 22.4. The van der Waals surface area contributed by atoms with Crippen molar-refractivity contribution < 1.29 is 9.47 Å². The third-order valence-electron chi connectivity index (χ3n) is 14.4. The van der Waals surface area contributed by atoms with Gasteiger partial charge in [-0.3, -0.25) is 0 Å². The van der Waals surface area contributed by atoms with Gasteiger partial charge in [0, 0.05) is 29.1 Å².